The number of rotatable bonds is 3. The highest BCUT2D eigenvalue weighted by molar-refractivity contribution is 5.09. The van der Waals surface area contributed by atoms with Gasteiger partial charge in [0.25, 0.3) is 0 Å². The number of nitrogens with zero attached hydrogens (tertiary/aromatic N) is 4. The van der Waals surface area contributed by atoms with Crippen LogP contribution < -0.4 is 0 Å². The molecule has 2 heterocycles. The van der Waals surface area contributed by atoms with Gasteiger partial charge in [0.2, 0.25) is 0 Å². The molecule has 2 atom stereocenters. The second-order valence-corrected chi connectivity index (χ2v) is 6.52. The van der Waals surface area contributed by atoms with E-state index in [9.17, 15) is 0 Å². The SMILES string of the molecule is CC1=CCC[C@H](C)[C@@H]1CN1CCC(n2cncn2)CC1. The van der Waals surface area contributed by atoms with Gasteiger partial charge in [-0.25, -0.2) is 9.67 Å². The van der Waals surface area contributed by atoms with Crippen LogP contribution >= 0.6 is 0 Å². The van der Waals surface area contributed by atoms with Crippen molar-refractivity contribution in [3.05, 3.63) is 24.3 Å². The zero-order valence-corrected chi connectivity index (χ0v) is 12.7. The molecule has 0 unspecified atom stereocenters. The Morgan fingerprint density at radius 2 is 2.05 bits per heavy atom. The average molecular weight is 274 g/mol. The second kappa shape index (κ2) is 6.08. The van der Waals surface area contributed by atoms with Crippen LogP contribution in [0.1, 0.15) is 45.6 Å². The minimum atomic E-state index is 0.550. The van der Waals surface area contributed by atoms with Crippen molar-refractivity contribution >= 4 is 0 Å². The van der Waals surface area contributed by atoms with E-state index in [1.165, 1.54) is 45.3 Å². The molecule has 0 spiro atoms. The minimum Gasteiger partial charge on any atom is -0.303 e. The van der Waals surface area contributed by atoms with Crippen molar-refractivity contribution in [1.29, 1.82) is 0 Å². The summed E-state index contributed by atoms with van der Waals surface area (Å²) in [6.45, 7) is 8.38. The molecule has 1 aromatic rings. The summed E-state index contributed by atoms with van der Waals surface area (Å²) >= 11 is 0. The first-order chi connectivity index (χ1) is 9.74. The molecule has 0 amide bonds. The van der Waals surface area contributed by atoms with E-state index >= 15 is 0 Å². The average Bonchev–Trinajstić information content (AvgIpc) is 2.98. The van der Waals surface area contributed by atoms with Gasteiger partial charge >= 0.3 is 0 Å². The normalized spacial score (nSPS) is 29.4. The predicted molar refractivity (Wildman–Crippen MR) is 80.4 cm³/mol. The van der Waals surface area contributed by atoms with Crippen LogP contribution in [0.5, 0.6) is 0 Å². The minimum absolute atomic E-state index is 0.550. The van der Waals surface area contributed by atoms with Crippen LogP contribution in [0.2, 0.25) is 0 Å². The Hall–Kier alpha value is -1.16. The van der Waals surface area contributed by atoms with Crippen LogP contribution in [0.4, 0.5) is 0 Å². The van der Waals surface area contributed by atoms with Crippen LogP contribution in [-0.2, 0) is 0 Å². The smallest absolute Gasteiger partial charge is 0.137 e. The Morgan fingerprint density at radius 1 is 1.25 bits per heavy atom. The fourth-order valence-corrected chi connectivity index (χ4v) is 3.75. The Balaban J connectivity index is 1.53. The van der Waals surface area contributed by atoms with E-state index < -0.39 is 0 Å². The van der Waals surface area contributed by atoms with Crippen molar-refractivity contribution < 1.29 is 0 Å². The predicted octanol–water partition coefficient (Wildman–Crippen LogP) is 2.91. The van der Waals surface area contributed by atoms with Gasteiger partial charge in [0.1, 0.15) is 12.7 Å². The van der Waals surface area contributed by atoms with Crippen LogP contribution in [-0.4, -0.2) is 39.3 Å². The van der Waals surface area contributed by atoms with Gasteiger partial charge in [-0.3, -0.25) is 0 Å². The van der Waals surface area contributed by atoms with Gasteiger partial charge in [0, 0.05) is 19.6 Å². The molecule has 0 N–H and O–H groups in total. The van der Waals surface area contributed by atoms with Gasteiger partial charge in [-0.05, 0) is 44.4 Å². The fraction of sp³-hybridized carbons (Fsp3) is 0.750. The summed E-state index contributed by atoms with van der Waals surface area (Å²) in [6.07, 6.45) is 11.0. The lowest BCUT2D eigenvalue weighted by molar-refractivity contribution is 0.146. The van der Waals surface area contributed by atoms with E-state index in [1.807, 2.05) is 11.0 Å². The molecule has 1 aromatic heterocycles. The highest BCUT2D eigenvalue weighted by Crippen LogP contribution is 2.32. The molecule has 0 radical (unpaired) electrons. The van der Waals surface area contributed by atoms with Gasteiger partial charge in [-0.2, -0.15) is 5.10 Å². The molecule has 110 valence electrons. The Kier molecular flexibility index (Phi) is 4.20. The molecule has 4 heteroatoms. The van der Waals surface area contributed by atoms with E-state index in [1.54, 1.807) is 11.9 Å². The molecule has 20 heavy (non-hydrogen) atoms. The quantitative estimate of drug-likeness (QED) is 0.795. The fourth-order valence-electron chi connectivity index (χ4n) is 3.75. The third-order valence-corrected chi connectivity index (χ3v) is 5.18. The van der Waals surface area contributed by atoms with Crippen LogP contribution in [0.3, 0.4) is 0 Å². The lowest BCUT2D eigenvalue weighted by Gasteiger charge is -2.37. The molecule has 4 nitrogen and oxygen atoms in total. The van der Waals surface area contributed by atoms with E-state index in [4.69, 9.17) is 0 Å². The topological polar surface area (TPSA) is 34.0 Å². The third kappa shape index (κ3) is 2.95. The largest absolute Gasteiger partial charge is 0.303 e. The Morgan fingerprint density at radius 3 is 2.70 bits per heavy atom. The summed E-state index contributed by atoms with van der Waals surface area (Å²) in [5, 5.41) is 4.28. The zero-order chi connectivity index (χ0) is 13.9. The van der Waals surface area contributed by atoms with Crippen LogP contribution in [0, 0.1) is 11.8 Å². The monoisotopic (exact) mass is 274 g/mol. The first kappa shape index (κ1) is 13.8. The summed E-state index contributed by atoms with van der Waals surface area (Å²) in [6, 6.07) is 0.550. The number of hydrogen-bond acceptors (Lipinski definition) is 3. The molecule has 1 fully saturated rings. The lowest BCUT2D eigenvalue weighted by atomic mass is 9.79. The number of hydrogen-bond donors (Lipinski definition) is 0. The van der Waals surface area contributed by atoms with Gasteiger partial charge in [0.15, 0.2) is 0 Å². The number of aromatic nitrogens is 3. The second-order valence-electron chi connectivity index (χ2n) is 6.52. The van der Waals surface area contributed by atoms with E-state index in [0.717, 1.165) is 11.8 Å². The molecule has 1 aliphatic carbocycles. The highest BCUT2D eigenvalue weighted by atomic mass is 15.3. The number of piperidine rings is 1. The first-order valence-electron chi connectivity index (χ1n) is 7.97. The maximum Gasteiger partial charge on any atom is 0.137 e. The van der Waals surface area contributed by atoms with Crippen molar-refractivity contribution in [2.24, 2.45) is 11.8 Å². The summed E-state index contributed by atoms with van der Waals surface area (Å²) in [5.41, 5.74) is 1.61. The van der Waals surface area contributed by atoms with Crippen molar-refractivity contribution in [2.45, 2.75) is 45.6 Å². The molecule has 3 rings (SSSR count). The maximum atomic E-state index is 4.28. The molecule has 0 bridgehead atoms. The summed E-state index contributed by atoms with van der Waals surface area (Å²) < 4.78 is 2.03. The standard InChI is InChI=1S/C16H26N4/c1-13-4-3-5-14(2)16(13)10-19-8-6-15(7-9-19)20-12-17-11-18-20/h4,11-12,14-16H,3,5-10H2,1-2H3/t14-,16+/m0/s1. The van der Waals surface area contributed by atoms with E-state index in [-0.39, 0.29) is 0 Å². The molecule has 0 aromatic carbocycles. The maximum absolute atomic E-state index is 4.28. The molecule has 1 saturated heterocycles. The van der Waals surface area contributed by atoms with Gasteiger partial charge in [-0.15, -0.1) is 0 Å². The van der Waals surface area contributed by atoms with Crippen LogP contribution in [0.25, 0.3) is 0 Å². The third-order valence-electron chi connectivity index (χ3n) is 5.18. The summed E-state index contributed by atoms with van der Waals surface area (Å²) in [4.78, 5) is 6.71. The molecule has 1 aliphatic heterocycles. The van der Waals surface area contributed by atoms with Crippen molar-refractivity contribution in [3.8, 4) is 0 Å². The van der Waals surface area contributed by atoms with Crippen LogP contribution in [0.15, 0.2) is 24.3 Å². The van der Waals surface area contributed by atoms with Gasteiger partial charge in [0.05, 0.1) is 6.04 Å². The van der Waals surface area contributed by atoms with Crippen molar-refractivity contribution in [2.75, 3.05) is 19.6 Å². The first-order valence-corrected chi connectivity index (χ1v) is 7.97. The molecular weight excluding hydrogens is 248 g/mol. The summed E-state index contributed by atoms with van der Waals surface area (Å²) in [5.74, 6) is 1.61. The van der Waals surface area contributed by atoms with Gasteiger partial charge < -0.3 is 4.90 Å². The molecule has 2 aliphatic rings. The number of allylic oxidation sites excluding steroid dienone is 1. The molecule has 0 saturated carbocycles. The lowest BCUT2D eigenvalue weighted by Crippen LogP contribution is -2.40. The Bertz CT molecular complexity index is 443. The van der Waals surface area contributed by atoms with E-state index in [0.29, 0.717) is 6.04 Å². The highest BCUT2D eigenvalue weighted by Gasteiger charge is 2.27. The van der Waals surface area contributed by atoms with Crippen molar-refractivity contribution in [3.63, 3.8) is 0 Å². The van der Waals surface area contributed by atoms with Crippen molar-refractivity contribution in [1.82, 2.24) is 19.7 Å². The van der Waals surface area contributed by atoms with Gasteiger partial charge in [-0.1, -0.05) is 18.6 Å². The molecular formula is C16H26N4. The number of likely N-dealkylation sites (tertiary alicyclic amines) is 1. The van der Waals surface area contributed by atoms with E-state index in [2.05, 4.69) is 34.9 Å². The summed E-state index contributed by atoms with van der Waals surface area (Å²) in [7, 11) is 0. The zero-order valence-electron chi connectivity index (χ0n) is 12.7. The Labute approximate surface area is 121 Å².